The van der Waals surface area contributed by atoms with Crippen molar-refractivity contribution in [3.8, 4) is 0 Å². The van der Waals surface area contributed by atoms with Crippen molar-refractivity contribution in [2.45, 2.75) is 33.2 Å². The summed E-state index contributed by atoms with van der Waals surface area (Å²) in [5.41, 5.74) is 5.92. The zero-order valence-corrected chi connectivity index (χ0v) is 13.6. The molecule has 1 rings (SSSR count). The lowest BCUT2D eigenvalue weighted by Gasteiger charge is -2.26. The Balaban J connectivity index is 2.70. The molecule has 1 heterocycles. The highest BCUT2D eigenvalue weighted by atomic mass is 79.9. The third kappa shape index (κ3) is 4.36. The summed E-state index contributed by atoms with van der Waals surface area (Å²) in [6.07, 6.45) is 1.22. The van der Waals surface area contributed by atoms with E-state index in [2.05, 4.69) is 54.7 Å². The molecule has 0 fully saturated rings. The Morgan fingerprint density at radius 2 is 2.12 bits per heavy atom. The quantitative estimate of drug-likeness (QED) is 0.864. The molecule has 0 saturated carbocycles. The van der Waals surface area contributed by atoms with E-state index < -0.39 is 0 Å². The predicted molar refractivity (Wildman–Crippen MR) is 80.6 cm³/mol. The smallest absolute Gasteiger partial charge is 0.0562 e. The van der Waals surface area contributed by atoms with Gasteiger partial charge in [0.05, 0.1) is 6.04 Å². The van der Waals surface area contributed by atoms with Crippen LogP contribution in [-0.2, 0) is 0 Å². The second-order valence-electron chi connectivity index (χ2n) is 4.97. The molecule has 0 radical (unpaired) electrons. The first-order valence-electron chi connectivity index (χ1n) is 6.11. The second-order valence-corrected chi connectivity index (χ2v) is 7.11. The minimum Gasteiger partial charge on any atom is -0.329 e. The summed E-state index contributed by atoms with van der Waals surface area (Å²) in [5, 5.41) is 0. The first-order valence-corrected chi connectivity index (χ1v) is 7.72. The van der Waals surface area contributed by atoms with Crippen LogP contribution in [-0.4, -0.2) is 25.0 Å². The van der Waals surface area contributed by atoms with E-state index in [9.17, 15) is 0 Å². The summed E-state index contributed by atoms with van der Waals surface area (Å²) in [6, 6.07) is 2.56. The van der Waals surface area contributed by atoms with Gasteiger partial charge < -0.3 is 5.73 Å². The van der Waals surface area contributed by atoms with Gasteiger partial charge >= 0.3 is 0 Å². The van der Waals surface area contributed by atoms with Crippen molar-refractivity contribution in [2.24, 2.45) is 11.7 Å². The molecule has 1 unspecified atom stereocenters. The molecule has 1 aromatic heterocycles. The second kappa shape index (κ2) is 6.88. The molecule has 2 N–H and O–H groups in total. The average Bonchev–Trinajstić information content (AvgIpc) is 2.57. The molecule has 2 nitrogen and oxygen atoms in total. The first kappa shape index (κ1) is 15.2. The summed E-state index contributed by atoms with van der Waals surface area (Å²) < 4.78 is 1.20. The van der Waals surface area contributed by atoms with E-state index in [1.165, 1.54) is 20.6 Å². The Morgan fingerprint density at radius 3 is 2.53 bits per heavy atom. The maximum absolute atomic E-state index is 5.92. The number of nitrogens with zero attached hydrogens (tertiary/aromatic N) is 1. The van der Waals surface area contributed by atoms with E-state index in [1.54, 1.807) is 0 Å². The van der Waals surface area contributed by atoms with Crippen molar-refractivity contribution in [3.05, 3.63) is 20.3 Å². The molecular formula is C13H23BrN2S. The highest BCUT2D eigenvalue weighted by molar-refractivity contribution is 9.10. The van der Waals surface area contributed by atoms with Crippen LogP contribution >= 0.6 is 27.3 Å². The number of nitrogens with two attached hydrogens (primary N) is 1. The zero-order valence-electron chi connectivity index (χ0n) is 11.2. The van der Waals surface area contributed by atoms with E-state index in [0.717, 1.165) is 12.5 Å². The van der Waals surface area contributed by atoms with E-state index in [0.29, 0.717) is 12.6 Å². The zero-order chi connectivity index (χ0) is 13.0. The molecule has 17 heavy (non-hydrogen) atoms. The third-order valence-corrected chi connectivity index (χ3v) is 5.26. The SMILES string of the molecule is Cc1sc(C(CN)N(C)CCC(C)C)cc1Br. The lowest BCUT2D eigenvalue weighted by molar-refractivity contribution is 0.239. The third-order valence-electron chi connectivity index (χ3n) is 3.02. The van der Waals surface area contributed by atoms with Crippen LogP contribution in [0.15, 0.2) is 10.5 Å². The number of rotatable bonds is 6. The standard InChI is InChI=1S/C13H23BrN2S/c1-9(2)5-6-16(4)12(8-15)13-7-11(14)10(3)17-13/h7,9,12H,5-6,8,15H2,1-4H3. The number of aryl methyl sites for hydroxylation is 1. The van der Waals surface area contributed by atoms with E-state index in [4.69, 9.17) is 5.73 Å². The van der Waals surface area contributed by atoms with Gasteiger partial charge in [-0.05, 0) is 54.9 Å². The fourth-order valence-corrected chi connectivity index (χ4v) is 3.52. The monoisotopic (exact) mass is 318 g/mol. The summed E-state index contributed by atoms with van der Waals surface area (Å²) >= 11 is 5.42. The Labute approximate surface area is 117 Å². The number of thiophene rings is 1. The van der Waals surface area contributed by atoms with Crippen molar-refractivity contribution in [1.82, 2.24) is 4.90 Å². The number of likely N-dealkylation sites (N-methyl/N-ethyl adjacent to an activating group) is 1. The van der Waals surface area contributed by atoms with Gasteiger partial charge in [0, 0.05) is 20.8 Å². The fourth-order valence-electron chi connectivity index (χ4n) is 1.78. The maximum Gasteiger partial charge on any atom is 0.0562 e. The topological polar surface area (TPSA) is 29.3 Å². The summed E-state index contributed by atoms with van der Waals surface area (Å²) in [7, 11) is 2.17. The Kier molecular flexibility index (Phi) is 6.13. The minimum atomic E-state index is 0.351. The summed E-state index contributed by atoms with van der Waals surface area (Å²) in [5.74, 6) is 0.743. The van der Waals surface area contributed by atoms with Crippen LogP contribution in [0.4, 0.5) is 0 Å². The van der Waals surface area contributed by atoms with Crippen LogP contribution in [0.1, 0.15) is 36.1 Å². The Bertz CT molecular complexity index is 330. The Hall–Kier alpha value is 0.100. The molecule has 0 amide bonds. The number of halogens is 1. The molecule has 0 aliphatic heterocycles. The van der Waals surface area contributed by atoms with Gasteiger partial charge in [-0.2, -0.15) is 0 Å². The number of hydrogen-bond acceptors (Lipinski definition) is 3. The minimum absolute atomic E-state index is 0.351. The van der Waals surface area contributed by atoms with Crippen LogP contribution in [0.3, 0.4) is 0 Å². The van der Waals surface area contributed by atoms with Crippen LogP contribution in [0.5, 0.6) is 0 Å². The number of hydrogen-bond donors (Lipinski definition) is 1. The van der Waals surface area contributed by atoms with E-state index >= 15 is 0 Å². The molecule has 0 saturated heterocycles. The first-order chi connectivity index (χ1) is 7.95. The predicted octanol–water partition coefficient (Wildman–Crippen LogP) is 3.80. The molecule has 0 bridgehead atoms. The summed E-state index contributed by atoms with van der Waals surface area (Å²) in [4.78, 5) is 5.07. The van der Waals surface area contributed by atoms with Gasteiger partial charge in [0.2, 0.25) is 0 Å². The van der Waals surface area contributed by atoms with Crippen molar-refractivity contribution in [2.75, 3.05) is 20.1 Å². The molecule has 0 aliphatic carbocycles. The summed E-state index contributed by atoms with van der Waals surface area (Å²) in [6.45, 7) is 8.45. The van der Waals surface area contributed by atoms with Crippen molar-refractivity contribution in [1.29, 1.82) is 0 Å². The van der Waals surface area contributed by atoms with Gasteiger partial charge in [-0.25, -0.2) is 0 Å². The molecule has 1 atom stereocenters. The largest absolute Gasteiger partial charge is 0.329 e. The fraction of sp³-hybridized carbons (Fsp3) is 0.692. The van der Waals surface area contributed by atoms with Crippen molar-refractivity contribution < 1.29 is 0 Å². The molecule has 4 heteroatoms. The lowest BCUT2D eigenvalue weighted by Crippen LogP contribution is -2.31. The molecule has 1 aromatic rings. The lowest BCUT2D eigenvalue weighted by atomic mass is 10.1. The molecule has 0 spiro atoms. The highest BCUT2D eigenvalue weighted by Crippen LogP contribution is 2.32. The van der Waals surface area contributed by atoms with Gasteiger partial charge in [-0.15, -0.1) is 11.3 Å². The molecule has 0 aliphatic rings. The van der Waals surface area contributed by atoms with Gasteiger partial charge in [0.1, 0.15) is 0 Å². The van der Waals surface area contributed by atoms with Gasteiger partial charge in [0.25, 0.3) is 0 Å². The van der Waals surface area contributed by atoms with Crippen LogP contribution in [0.2, 0.25) is 0 Å². The highest BCUT2D eigenvalue weighted by Gasteiger charge is 2.18. The normalized spacial score (nSPS) is 13.6. The van der Waals surface area contributed by atoms with E-state index in [-0.39, 0.29) is 0 Å². The van der Waals surface area contributed by atoms with Crippen LogP contribution in [0.25, 0.3) is 0 Å². The van der Waals surface area contributed by atoms with Crippen molar-refractivity contribution >= 4 is 27.3 Å². The van der Waals surface area contributed by atoms with Gasteiger partial charge in [0.15, 0.2) is 0 Å². The molecular weight excluding hydrogens is 296 g/mol. The maximum atomic E-state index is 5.92. The average molecular weight is 319 g/mol. The molecule has 0 aromatic carbocycles. The van der Waals surface area contributed by atoms with Crippen molar-refractivity contribution in [3.63, 3.8) is 0 Å². The van der Waals surface area contributed by atoms with Gasteiger partial charge in [-0.1, -0.05) is 13.8 Å². The van der Waals surface area contributed by atoms with Crippen LogP contribution in [0, 0.1) is 12.8 Å². The van der Waals surface area contributed by atoms with Crippen LogP contribution < -0.4 is 5.73 Å². The van der Waals surface area contributed by atoms with E-state index in [1.807, 2.05) is 11.3 Å². The molecule has 98 valence electrons. The Morgan fingerprint density at radius 1 is 1.47 bits per heavy atom. The van der Waals surface area contributed by atoms with Gasteiger partial charge in [-0.3, -0.25) is 4.90 Å².